The van der Waals surface area contributed by atoms with E-state index in [4.69, 9.17) is 9.15 Å². The number of hydrogen-bond acceptors (Lipinski definition) is 5. The second-order valence-corrected chi connectivity index (χ2v) is 8.92. The lowest BCUT2D eigenvalue weighted by molar-refractivity contribution is 0.0384. The van der Waals surface area contributed by atoms with Crippen molar-refractivity contribution < 1.29 is 13.9 Å². The normalized spacial score (nSPS) is 18.3. The topological polar surface area (TPSA) is 58.0 Å². The Kier molecular flexibility index (Phi) is 6.46. The number of nitrogens with zero attached hydrogens (tertiary/aromatic N) is 2. The Bertz CT molecular complexity index is 1090. The number of anilines is 2. The lowest BCUT2D eigenvalue weighted by Gasteiger charge is -2.26. The second kappa shape index (κ2) is 9.81. The summed E-state index contributed by atoms with van der Waals surface area (Å²) in [6.07, 6.45) is 3.61. The minimum Gasteiger partial charge on any atom is -0.467 e. The molecule has 0 saturated carbocycles. The summed E-state index contributed by atoms with van der Waals surface area (Å²) in [6.45, 7) is 7.48. The molecule has 3 aromatic rings. The van der Waals surface area contributed by atoms with Gasteiger partial charge in [-0.25, -0.2) is 0 Å². The van der Waals surface area contributed by atoms with E-state index in [0.717, 1.165) is 51.4 Å². The van der Waals surface area contributed by atoms with E-state index in [1.165, 1.54) is 16.8 Å². The number of morpholine rings is 1. The molecule has 1 fully saturated rings. The molecule has 6 nitrogen and oxygen atoms in total. The van der Waals surface area contributed by atoms with Crippen LogP contribution in [0.2, 0.25) is 0 Å². The number of amides is 1. The van der Waals surface area contributed by atoms with Crippen LogP contribution in [0.1, 0.15) is 34.2 Å². The average Bonchev–Trinajstić information content (AvgIpc) is 3.44. The molecule has 1 amide bonds. The van der Waals surface area contributed by atoms with E-state index in [1.807, 2.05) is 12.1 Å². The van der Waals surface area contributed by atoms with Crippen LogP contribution >= 0.6 is 0 Å². The van der Waals surface area contributed by atoms with Crippen molar-refractivity contribution in [3.8, 4) is 0 Å². The Morgan fingerprint density at radius 1 is 1.06 bits per heavy atom. The van der Waals surface area contributed by atoms with Crippen LogP contribution in [0.15, 0.2) is 65.3 Å². The first-order valence-corrected chi connectivity index (χ1v) is 11.8. The summed E-state index contributed by atoms with van der Waals surface area (Å²) >= 11 is 0. The SMILES string of the molecule is CC1Cc2ccccc2N1Cc1occc1C(=O)Nc1ccc(CCN2CCOCC2)cc1. The number of carbonyl (C=O) groups excluding carboxylic acids is 1. The van der Waals surface area contributed by atoms with Crippen LogP contribution in [0, 0.1) is 0 Å². The highest BCUT2D eigenvalue weighted by molar-refractivity contribution is 6.05. The van der Waals surface area contributed by atoms with Crippen LogP contribution in [0.5, 0.6) is 0 Å². The van der Waals surface area contributed by atoms with Gasteiger partial charge in [0.25, 0.3) is 5.91 Å². The van der Waals surface area contributed by atoms with Crippen LogP contribution in [0.4, 0.5) is 11.4 Å². The highest BCUT2D eigenvalue weighted by Gasteiger charge is 2.28. The molecule has 0 radical (unpaired) electrons. The summed E-state index contributed by atoms with van der Waals surface area (Å²) in [6, 6.07) is 18.7. The molecule has 3 heterocycles. The number of rotatable bonds is 7. The zero-order valence-corrected chi connectivity index (χ0v) is 19.1. The summed E-state index contributed by atoms with van der Waals surface area (Å²) in [5.74, 6) is 0.554. The fourth-order valence-corrected chi connectivity index (χ4v) is 4.76. The van der Waals surface area contributed by atoms with Crippen LogP contribution in [-0.2, 0) is 24.1 Å². The third-order valence-corrected chi connectivity index (χ3v) is 6.68. The molecule has 5 rings (SSSR count). The Morgan fingerprint density at radius 3 is 2.67 bits per heavy atom. The minimum atomic E-state index is -0.139. The van der Waals surface area contributed by atoms with Crippen molar-refractivity contribution in [1.82, 2.24) is 4.90 Å². The molecule has 2 aliphatic heterocycles. The van der Waals surface area contributed by atoms with Gasteiger partial charge in [0.2, 0.25) is 0 Å². The van der Waals surface area contributed by atoms with Gasteiger partial charge in [0, 0.05) is 37.1 Å². The molecular formula is C27H31N3O3. The average molecular weight is 446 g/mol. The monoisotopic (exact) mass is 445 g/mol. The van der Waals surface area contributed by atoms with Crippen molar-refractivity contribution in [2.75, 3.05) is 43.1 Å². The van der Waals surface area contributed by atoms with Crippen molar-refractivity contribution in [3.63, 3.8) is 0 Å². The molecule has 1 saturated heterocycles. The number of hydrogen-bond donors (Lipinski definition) is 1. The lowest BCUT2D eigenvalue weighted by Crippen LogP contribution is -2.37. The van der Waals surface area contributed by atoms with Crippen molar-refractivity contribution in [3.05, 3.63) is 83.3 Å². The van der Waals surface area contributed by atoms with Gasteiger partial charge in [-0.3, -0.25) is 9.69 Å². The Labute approximate surface area is 195 Å². The van der Waals surface area contributed by atoms with Gasteiger partial charge in [-0.15, -0.1) is 0 Å². The maximum atomic E-state index is 13.0. The van der Waals surface area contributed by atoms with Crippen molar-refractivity contribution >= 4 is 17.3 Å². The summed E-state index contributed by atoms with van der Waals surface area (Å²) in [5, 5.41) is 3.03. The molecule has 1 aromatic heterocycles. The predicted molar refractivity (Wildman–Crippen MR) is 130 cm³/mol. The molecule has 0 aliphatic carbocycles. The van der Waals surface area contributed by atoms with E-state index in [9.17, 15) is 4.79 Å². The van der Waals surface area contributed by atoms with E-state index in [0.29, 0.717) is 23.9 Å². The molecule has 1 atom stereocenters. The predicted octanol–water partition coefficient (Wildman–Crippen LogP) is 4.36. The van der Waals surface area contributed by atoms with Gasteiger partial charge < -0.3 is 19.4 Å². The van der Waals surface area contributed by atoms with Gasteiger partial charge >= 0.3 is 0 Å². The molecule has 1 N–H and O–H groups in total. The number of furan rings is 1. The summed E-state index contributed by atoms with van der Waals surface area (Å²) in [4.78, 5) is 17.7. The van der Waals surface area contributed by atoms with Gasteiger partial charge in [-0.05, 0) is 55.2 Å². The van der Waals surface area contributed by atoms with E-state index in [1.54, 1.807) is 12.3 Å². The number of ether oxygens (including phenoxy) is 1. The molecule has 0 spiro atoms. The minimum absolute atomic E-state index is 0.139. The van der Waals surface area contributed by atoms with Gasteiger partial charge in [-0.1, -0.05) is 30.3 Å². The quantitative estimate of drug-likeness (QED) is 0.586. The highest BCUT2D eigenvalue weighted by atomic mass is 16.5. The third-order valence-electron chi connectivity index (χ3n) is 6.68. The fourth-order valence-electron chi connectivity index (χ4n) is 4.76. The maximum absolute atomic E-state index is 13.0. The van der Waals surface area contributed by atoms with E-state index in [-0.39, 0.29) is 5.91 Å². The van der Waals surface area contributed by atoms with Crippen molar-refractivity contribution in [1.29, 1.82) is 0 Å². The van der Waals surface area contributed by atoms with Gasteiger partial charge in [-0.2, -0.15) is 0 Å². The Hall–Kier alpha value is -3.09. The maximum Gasteiger partial charge on any atom is 0.259 e. The zero-order chi connectivity index (χ0) is 22.6. The Balaban J connectivity index is 1.20. The largest absolute Gasteiger partial charge is 0.467 e. The molecular weight excluding hydrogens is 414 g/mol. The molecule has 1 unspecified atom stereocenters. The molecule has 2 aromatic carbocycles. The van der Waals surface area contributed by atoms with Crippen LogP contribution in [-0.4, -0.2) is 49.7 Å². The van der Waals surface area contributed by atoms with E-state index in [2.05, 4.69) is 58.4 Å². The van der Waals surface area contributed by atoms with Gasteiger partial charge in [0.15, 0.2) is 0 Å². The zero-order valence-electron chi connectivity index (χ0n) is 19.1. The smallest absolute Gasteiger partial charge is 0.259 e. The van der Waals surface area contributed by atoms with Crippen molar-refractivity contribution in [2.24, 2.45) is 0 Å². The number of nitrogens with one attached hydrogen (secondary N) is 1. The first-order valence-electron chi connectivity index (χ1n) is 11.8. The standard InChI is InChI=1S/C27H31N3O3/c1-20-18-22-4-2-3-5-25(22)30(20)19-26-24(11-15-33-26)27(31)28-23-8-6-21(7-9-23)10-12-29-13-16-32-17-14-29/h2-9,11,15,20H,10,12-14,16-19H2,1H3,(H,28,31). The number of benzene rings is 2. The molecule has 6 heteroatoms. The first kappa shape index (κ1) is 21.7. The first-order chi connectivity index (χ1) is 16.2. The summed E-state index contributed by atoms with van der Waals surface area (Å²) in [7, 11) is 0. The summed E-state index contributed by atoms with van der Waals surface area (Å²) < 4.78 is 11.2. The van der Waals surface area contributed by atoms with E-state index < -0.39 is 0 Å². The fraction of sp³-hybridized carbons (Fsp3) is 0.370. The summed E-state index contributed by atoms with van der Waals surface area (Å²) in [5.41, 5.74) is 5.21. The molecule has 2 aliphatic rings. The molecule has 0 bridgehead atoms. The van der Waals surface area contributed by atoms with Crippen molar-refractivity contribution in [2.45, 2.75) is 32.4 Å². The Morgan fingerprint density at radius 2 is 1.85 bits per heavy atom. The third kappa shape index (κ3) is 4.97. The number of carbonyl (C=O) groups is 1. The second-order valence-electron chi connectivity index (χ2n) is 8.92. The van der Waals surface area contributed by atoms with Crippen LogP contribution in [0.25, 0.3) is 0 Å². The highest BCUT2D eigenvalue weighted by Crippen LogP contribution is 2.33. The van der Waals surface area contributed by atoms with E-state index >= 15 is 0 Å². The van der Waals surface area contributed by atoms with Crippen LogP contribution in [0.3, 0.4) is 0 Å². The molecule has 33 heavy (non-hydrogen) atoms. The number of para-hydroxylation sites is 1. The van der Waals surface area contributed by atoms with Crippen LogP contribution < -0.4 is 10.2 Å². The molecule has 172 valence electrons. The lowest BCUT2D eigenvalue weighted by atomic mass is 10.1. The van der Waals surface area contributed by atoms with Gasteiger partial charge in [0.05, 0.1) is 31.6 Å². The number of fused-ring (bicyclic) bond motifs is 1. The van der Waals surface area contributed by atoms with Gasteiger partial charge in [0.1, 0.15) is 5.76 Å².